The monoisotopic (exact) mass is 364 g/mol. The zero-order chi connectivity index (χ0) is 18.6. The molecule has 0 bridgehead atoms. The Morgan fingerprint density at radius 3 is 2.28 bits per heavy atom. The van der Waals surface area contributed by atoms with Crippen LogP contribution in [-0.4, -0.2) is 33.0 Å². The average molecular weight is 365 g/mol. The van der Waals surface area contributed by atoms with Gasteiger partial charge >= 0.3 is 11.9 Å². The number of benzene rings is 1. The Morgan fingerprint density at radius 1 is 1.12 bits per heavy atom. The first-order chi connectivity index (χ1) is 11.7. The van der Waals surface area contributed by atoms with Gasteiger partial charge in [-0.15, -0.1) is 0 Å². The van der Waals surface area contributed by atoms with E-state index < -0.39 is 38.2 Å². The molecule has 4 atom stereocenters. The molecule has 138 valence electrons. The van der Waals surface area contributed by atoms with E-state index in [2.05, 4.69) is 19.6 Å². The first-order valence-electron chi connectivity index (χ1n) is 8.83. The highest BCUT2D eigenvalue weighted by Gasteiger charge is 2.45. The van der Waals surface area contributed by atoms with E-state index in [1.807, 2.05) is 44.2 Å². The van der Waals surface area contributed by atoms with Gasteiger partial charge in [0.2, 0.25) is 0 Å². The van der Waals surface area contributed by atoms with E-state index in [9.17, 15) is 9.59 Å². The topological polar surface area (TPSA) is 61.8 Å². The molecule has 1 aliphatic heterocycles. The molecule has 4 unspecified atom stereocenters. The van der Waals surface area contributed by atoms with Crippen LogP contribution in [0.4, 0.5) is 0 Å². The number of esters is 2. The van der Waals surface area contributed by atoms with Crippen LogP contribution in [0.3, 0.4) is 0 Å². The molecule has 1 heterocycles. The van der Waals surface area contributed by atoms with Crippen LogP contribution in [0, 0.1) is 11.8 Å². The first kappa shape index (κ1) is 19.8. The van der Waals surface area contributed by atoms with E-state index in [0.717, 1.165) is 5.56 Å². The van der Waals surface area contributed by atoms with Crippen LogP contribution < -0.4 is 0 Å². The lowest BCUT2D eigenvalue weighted by Gasteiger charge is -2.36. The van der Waals surface area contributed by atoms with E-state index >= 15 is 0 Å². The summed E-state index contributed by atoms with van der Waals surface area (Å²) in [6.45, 7) is 10.5. The molecule has 0 aliphatic carbocycles. The molecular weight excluding hydrogens is 336 g/mol. The van der Waals surface area contributed by atoms with Gasteiger partial charge in [-0.05, 0) is 45.5 Å². The normalized spacial score (nSPS) is 23.9. The van der Waals surface area contributed by atoms with Crippen LogP contribution in [0.5, 0.6) is 0 Å². The lowest BCUT2D eigenvalue weighted by Crippen LogP contribution is -2.44. The van der Waals surface area contributed by atoms with E-state index in [-0.39, 0.29) is 6.10 Å². The summed E-state index contributed by atoms with van der Waals surface area (Å²) >= 11 is 0. The first-order valence-corrected chi connectivity index (χ1v) is 12.2. The number of hydrogen-bond donors (Lipinski definition) is 0. The number of rotatable bonds is 7. The van der Waals surface area contributed by atoms with E-state index in [1.165, 1.54) is 0 Å². The van der Waals surface area contributed by atoms with Gasteiger partial charge in [-0.3, -0.25) is 9.59 Å². The zero-order valence-electron chi connectivity index (χ0n) is 15.7. The van der Waals surface area contributed by atoms with Gasteiger partial charge in [0.05, 0.1) is 24.0 Å². The predicted molar refractivity (Wildman–Crippen MR) is 97.4 cm³/mol. The Bertz CT molecular complexity index is 596. The van der Waals surface area contributed by atoms with Gasteiger partial charge in [-0.2, -0.15) is 0 Å². The Balaban J connectivity index is 2.31. The smallest absolute Gasteiger partial charge is 0.319 e. The number of carbonyl (C=O) groups is 2. The molecule has 0 spiro atoms. The Kier molecular flexibility index (Phi) is 6.54. The summed E-state index contributed by atoms with van der Waals surface area (Å²) in [4.78, 5) is 24.6. The standard InChI is InChI=1S/C19H28O5Si/c1-6-22-13(2)15-12-16(19(21)23-18(15)20)17(24-25(3,4)5)14-10-8-7-9-11-14/h7-11,13,15-17H,6,12H2,1-5H3. The van der Waals surface area contributed by atoms with Gasteiger partial charge in [0.25, 0.3) is 0 Å². The molecule has 1 aromatic carbocycles. The summed E-state index contributed by atoms with van der Waals surface area (Å²) in [7, 11) is -1.92. The largest absolute Gasteiger partial charge is 0.410 e. The molecule has 0 N–H and O–H groups in total. The Morgan fingerprint density at radius 2 is 1.72 bits per heavy atom. The van der Waals surface area contributed by atoms with Gasteiger partial charge in [-0.1, -0.05) is 30.3 Å². The number of carbonyl (C=O) groups excluding carboxylic acids is 2. The molecule has 0 amide bonds. The van der Waals surface area contributed by atoms with Crippen molar-refractivity contribution in [1.82, 2.24) is 0 Å². The quantitative estimate of drug-likeness (QED) is 0.419. The van der Waals surface area contributed by atoms with Crippen molar-refractivity contribution in [2.24, 2.45) is 11.8 Å². The van der Waals surface area contributed by atoms with Crippen LogP contribution in [0.15, 0.2) is 30.3 Å². The second-order valence-corrected chi connectivity index (χ2v) is 11.9. The molecule has 25 heavy (non-hydrogen) atoms. The van der Waals surface area contributed by atoms with Crippen LogP contribution in [0.1, 0.15) is 31.9 Å². The summed E-state index contributed by atoms with van der Waals surface area (Å²) in [5, 5.41) is 0. The molecule has 6 heteroatoms. The molecule has 0 aromatic heterocycles. The molecule has 1 saturated heterocycles. The lowest BCUT2D eigenvalue weighted by atomic mass is 9.83. The van der Waals surface area contributed by atoms with Crippen molar-refractivity contribution in [1.29, 1.82) is 0 Å². The van der Waals surface area contributed by atoms with E-state index in [4.69, 9.17) is 13.9 Å². The van der Waals surface area contributed by atoms with Crippen molar-refractivity contribution < 1.29 is 23.5 Å². The molecule has 5 nitrogen and oxygen atoms in total. The van der Waals surface area contributed by atoms with Crippen molar-refractivity contribution in [2.45, 2.75) is 52.1 Å². The molecule has 0 saturated carbocycles. The molecule has 2 rings (SSSR count). The lowest BCUT2D eigenvalue weighted by molar-refractivity contribution is -0.179. The summed E-state index contributed by atoms with van der Waals surface area (Å²) in [6.07, 6.45) is -0.329. The van der Waals surface area contributed by atoms with Crippen LogP contribution >= 0.6 is 0 Å². The van der Waals surface area contributed by atoms with Crippen molar-refractivity contribution in [2.75, 3.05) is 6.61 Å². The fourth-order valence-corrected chi connectivity index (χ4v) is 4.19. The van der Waals surface area contributed by atoms with E-state index in [1.54, 1.807) is 0 Å². The van der Waals surface area contributed by atoms with Crippen molar-refractivity contribution in [3.05, 3.63) is 35.9 Å². The maximum atomic E-state index is 12.5. The fraction of sp³-hybridized carbons (Fsp3) is 0.579. The van der Waals surface area contributed by atoms with Crippen LogP contribution in [0.25, 0.3) is 0 Å². The minimum absolute atomic E-state index is 0.295. The maximum absolute atomic E-state index is 12.5. The summed E-state index contributed by atoms with van der Waals surface area (Å²) in [6, 6.07) is 9.69. The SMILES string of the molecule is CCOC(C)C1CC(C(O[Si](C)(C)C)c2ccccc2)C(=O)OC1=O. The van der Waals surface area contributed by atoms with Gasteiger partial charge in [0.1, 0.15) is 0 Å². The second-order valence-electron chi connectivity index (χ2n) is 7.41. The van der Waals surface area contributed by atoms with Crippen molar-refractivity contribution >= 4 is 20.3 Å². The van der Waals surface area contributed by atoms with E-state index in [0.29, 0.717) is 13.0 Å². The van der Waals surface area contributed by atoms with Gasteiger partial charge < -0.3 is 13.9 Å². The Labute approximate surface area is 150 Å². The highest BCUT2D eigenvalue weighted by atomic mass is 28.4. The minimum atomic E-state index is -1.92. The molecular formula is C19H28O5Si. The van der Waals surface area contributed by atoms with Gasteiger partial charge in [0, 0.05) is 6.61 Å². The second kappa shape index (κ2) is 8.25. The van der Waals surface area contributed by atoms with Crippen LogP contribution in [-0.2, 0) is 23.5 Å². The average Bonchev–Trinajstić information content (AvgIpc) is 2.53. The molecule has 1 aromatic rings. The summed E-state index contributed by atoms with van der Waals surface area (Å²) in [5.41, 5.74) is 0.934. The fourth-order valence-electron chi connectivity index (χ4n) is 3.13. The number of hydrogen-bond acceptors (Lipinski definition) is 5. The Hall–Kier alpha value is -1.50. The predicted octanol–water partition coefficient (Wildman–Crippen LogP) is 3.71. The third-order valence-electron chi connectivity index (χ3n) is 4.28. The van der Waals surface area contributed by atoms with Crippen LogP contribution in [0.2, 0.25) is 19.6 Å². The highest BCUT2D eigenvalue weighted by molar-refractivity contribution is 6.69. The van der Waals surface area contributed by atoms with Gasteiger partial charge in [-0.25, -0.2) is 0 Å². The highest BCUT2D eigenvalue weighted by Crippen LogP contribution is 2.38. The molecule has 0 radical (unpaired) electrons. The van der Waals surface area contributed by atoms with Gasteiger partial charge in [0.15, 0.2) is 8.32 Å². The molecule has 1 fully saturated rings. The maximum Gasteiger partial charge on any atom is 0.319 e. The summed E-state index contributed by atoms with van der Waals surface area (Å²) in [5.74, 6) is -1.97. The minimum Gasteiger partial charge on any atom is -0.410 e. The summed E-state index contributed by atoms with van der Waals surface area (Å²) < 4.78 is 17.0. The number of ether oxygens (including phenoxy) is 2. The molecule has 1 aliphatic rings. The van der Waals surface area contributed by atoms with Crippen molar-refractivity contribution in [3.63, 3.8) is 0 Å². The number of cyclic esters (lactones) is 2. The third kappa shape index (κ3) is 5.23. The zero-order valence-corrected chi connectivity index (χ0v) is 16.7. The van der Waals surface area contributed by atoms with Crippen molar-refractivity contribution in [3.8, 4) is 0 Å². The third-order valence-corrected chi connectivity index (χ3v) is 5.25.